The lowest BCUT2D eigenvalue weighted by atomic mass is 10.2. The van der Waals surface area contributed by atoms with Crippen LogP contribution < -0.4 is 5.32 Å². The summed E-state index contributed by atoms with van der Waals surface area (Å²) in [4.78, 5) is 25.1. The molecule has 0 saturated heterocycles. The summed E-state index contributed by atoms with van der Waals surface area (Å²) in [6.45, 7) is 6.07. The topological polar surface area (TPSA) is 55.4 Å². The molecule has 0 aliphatic heterocycles. The molecule has 1 unspecified atom stereocenters. The van der Waals surface area contributed by atoms with E-state index in [9.17, 15) is 9.59 Å². The highest BCUT2D eigenvalue weighted by Crippen LogP contribution is 2.22. The van der Waals surface area contributed by atoms with E-state index in [1.165, 1.54) is 4.88 Å². The van der Waals surface area contributed by atoms with Gasteiger partial charge in [0, 0.05) is 16.2 Å². The number of amides is 1. The van der Waals surface area contributed by atoms with Gasteiger partial charge in [0.25, 0.3) is 0 Å². The Hall–Kier alpha value is -1.36. The zero-order chi connectivity index (χ0) is 13.5. The van der Waals surface area contributed by atoms with Gasteiger partial charge in [-0.2, -0.15) is 0 Å². The first kappa shape index (κ1) is 14.7. The number of hydrogen-bond donors (Lipinski definition) is 1. The van der Waals surface area contributed by atoms with Crippen molar-refractivity contribution in [3.8, 4) is 0 Å². The van der Waals surface area contributed by atoms with Crippen molar-refractivity contribution < 1.29 is 14.3 Å². The van der Waals surface area contributed by atoms with E-state index in [1.54, 1.807) is 18.3 Å². The Morgan fingerprint density at radius 2 is 2.11 bits per heavy atom. The van der Waals surface area contributed by atoms with Crippen molar-refractivity contribution >= 4 is 23.2 Å². The molecule has 0 bridgehead atoms. The number of aryl methyl sites for hydroxylation is 1. The molecular weight excluding hydrogens is 250 g/mol. The van der Waals surface area contributed by atoms with Gasteiger partial charge in [-0.05, 0) is 32.9 Å². The molecule has 1 aromatic heterocycles. The van der Waals surface area contributed by atoms with Crippen LogP contribution in [0.3, 0.4) is 0 Å². The average Bonchev–Trinajstić information content (AvgIpc) is 2.74. The normalized spacial score (nSPS) is 11.9. The number of carbonyl (C=O) groups excluding carboxylic acids is 2. The van der Waals surface area contributed by atoms with Gasteiger partial charge >= 0.3 is 5.97 Å². The fourth-order valence-corrected chi connectivity index (χ4v) is 2.40. The van der Waals surface area contributed by atoms with Crippen molar-refractivity contribution in [2.75, 3.05) is 6.61 Å². The summed E-state index contributed by atoms with van der Waals surface area (Å²) in [5, 5.41) is 2.87. The van der Waals surface area contributed by atoms with Crippen LogP contribution in [0.5, 0.6) is 0 Å². The highest BCUT2D eigenvalue weighted by molar-refractivity contribution is 7.12. The second-order valence-corrected chi connectivity index (χ2v) is 5.36. The molecule has 1 heterocycles. The zero-order valence-electron chi connectivity index (χ0n) is 11.0. The highest BCUT2D eigenvalue weighted by Gasteiger charge is 2.12. The van der Waals surface area contributed by atoms with Crippen molar-refractivity contribution in [3.63, 3.8) is 0 Å². The van der Waals surface area contributed by atoms with Crippen molar-refractivity contribution in [1.29, 1.82) is 0 Å². The number of rotatable bonds is 6. The van der Waals surface area contributed by atoms with E-state index in [0.29, 0.717) is 6.61 Å². The van der Waals surface area contributed by atoms with Crippen molar-refractivity contribution in [3.05, 3.63) is 21.9 Å². The third kappa shape index (κ3) is 4.87. The Bertz CT molecular complexity index is 414. The van der Waals surface area contributed by atoms with Gasteiger partial charge in [-0.25, -0.2) is 0 Å². The first-order valence-corrected chi connectivity index (χ1v) is 6.86. The van der Waals surface area contributed by atoms with Crippen LogP contribution in [0.2, 0.25) is 0 Å². The van der Waals surface area contributed by atoms with Gasteiger partial charge < -0.3 is 10.1 Å². The van der Waals surface area contributed by atoms with Crippen LogP contribution >= 0.6 is 11.3 Å². The minimum Gasteiger partial charge on any atom is -0.466 e. The van der Waals surface area contributed by atoms with Crippen LogP contribution in [0.25, 0.3) is 0 Å². The first-order valence-electron chi connectivity index (χ1n) is 6.04. The van der Waals surface area contributed by atoms with Crippen LogP contribution in [0.1, 0.15) is 42.5 Å². The van der Waals surface area contributed by atoms with E-state index in [1.807, 2.05) is 26.0 Å². The van der Waals surface area contributed by atoms with Gasteiger partial charge in [0.15, 0.2) is 0 Å². The summed E-state index contributed by atoms with van der Waals surface area (Å²) in [6.07, 6.45) is 0.309. The quantitative estimate of drug-likeness (QED) is 0.808. The van der Waals surface area contributed by atoms with E-state index in [0.717, 1.165) is 4.88 Å². The molecule has 4 nitrogen and oxygen atoms in total. The predicted octanol–water partition coefficient (Wildman–Crippen LogP) is 2.58. The molecular formula is C13H19NO3S. The van der Waals surface area contributed by atoms with Gasteiger partial charge in [0.05, 0.1) is 19.1 Å². The van der Waals surface area contributed by atoms with Crippen LogP contribution in [0.4, 0.5) is 0 Å². The second-order valence-electron chi connectivity index (χ2n) is 4.04. The number of carbonyl (C=O) groups is 2. The van der Waals surface area contributed by atoms with Crippen LogP contribution in [-0.2, 0) is 14.3 Å². The predicted molar refractivity (Wildman–Crippen MR) is 71.5 cm³/mol. The second kappa shape index (κ2) is 7.16. The molecule has 5 heteroatoms. The van der Waals surface area contributed by atoms with E-state index in [4.69, 9.17) is 4.74 Å². The standard InChI is InChI=1S/C13H19NO3S/c1-4-17-13(16)8-7-12(15)14-10(3)11-6-5-9(2)18-11/h5-6,10H,4,7-8H2,1-3H3,(H,14,15). The molecule has 1 atom stereocenters. The smallest absolute Gasteiger partial charge is 0.306 e. The summed E-state index contributed by atoms with van der Waals surface area (Å²) >= 11 is 1.66. The van der Waals surface area contributed by atoms with E-state index in [-0.39, 0.29) is 30.8 Å². The summed E-state index contributed by atoms with van der Waals surface area (Å²) in [5.74, 6) is -0.450. The van der Waals surface area contributed by atoms with Crippen LogP contribution in [-0.4, -0.2) is 18.5 Å². The van der Waals surface area contributed by atoms with E-state index in [2.05, 4.69) is 5.32 Å². The number of nitrogens with one attached hydrogen (secondary N) is 1. The Labute approximate surface area is 111 Å². The zero-order valence-corrected chi connectivity index (χ0v) is 11.8. The Balaban J connectivity index is 2.34. The maximum absolute atomic E-state index is 11.6. The van der Waals surface area contributed by atoms with Crippen LogP contribution in [0.15, 0.2) is 12.1 Å². The summed E-state index contributed by atoms with van der Waals surface area (Å²) < 4.78 is 4.77. The number of ether oxygens (including phenoxy) is 1. The van der Waals surface area contributed by atoms with Crippen LogP contribution in [0, 0.1) is 6.92 Å². The largest absolute Gasteiger partial charge is 0.466 e. The maximum Gasteiger partial charge on any atom is 0.306 e. The SMILES string of the molecule is CCOC(=O)CCC(=O)NC(C)c1ccc(C)s1. The first-order chi connectivity index (χ1) is 8.52. The van der Waals surface area contributed by atoms with Crippen molar-refractivity contribution in [2.45, 2.75) is 39.7 Å². The molecule has 0 fully saturated rings. The maximum atomic E-state index is 11.6. The van der Waals surface area contributed by atoms with Crippen molar-refractivity contribution in [1.82, 2.24) is 5.32 Å². The minimum atomic E-state index is -0.327. The molecule has 0 aliphatic carbocycles. The summed E-state index contributed by atoms with van der Waals surface area (Å²) in [6, 6.07) is 4.02. The lowest BCUT2D eigenvalue weighted by Crippen LogP contribution is -2.26. The number of hydrogen-bond acceptors (Lipinski definition) is 4. The van der Waals surface area contributed by atoms with E-state index >= 15 is 0 Å². The summed E-state index contributed by atoms with van der Waals surface area (Å²) in [7, 11) is 0. The monoisotopic (exact) mass is 269 g/mol. The molecule has 1 N–H and O–H groups in total. The molecule has 0 saturated carbocycles. The highest BCUT2D eigenvalue weighted by atomic mass is 32.1. The average molecular weight is 269 g/mol. The molecule has 1 rings (SSSR count). The Morgan fingerprint density at radius 3 is 2.67 bits per heavy atom. The van der Waals surface area contributed by atoms with Gasteiger partial charge in [0.1, 0.15) is 0 Å². The Kier molecular flexibility index (Phi) is 5.85. The molecule has 0 radical (unpaired) electrons. The molecule has 1 amide bonds. The van der Waals surface area contributed by atoms with Gasteiger partial charge in [-0.1, -0.05) is 0 Å². The number of thiophene rings is 1. The molecule has 0 aromatic carbocycles. The fraction of sp³-hybridized carbons (Fsp3) is 0.538. The molecule has 1 aromatic rings. The molecule has 18 heavy (non-hydrogen) atoms. The van der Waals surface area contributed by atoms with Gasteiger partial charge in [-0.15, -0.1) is 11.3 Å². The van der Waals surface area contributed by atoms with Crippen molar-refractivity contribution in [2.24, 2.45) is 0 Å². The third-order valence-electron chi connectivity index (χ3n) is 2.43. The van der Waals surface area contributed by atoms with E-state index < -0.39 is 0 Å². The molecule has 100 valence electrons. The molecule has 0 spiro atoms. The fourth-order valence-electron chi connectivity index (χ4n) is 1.52. The van der Waals surface area contributed by atoms with Gasteiger partial charge in [-0.3, -0.25) is 9.59 Å². The lowest BCUT2D eigenvalue weighted by molar-refractivity contribution is -0.144. The minimum absolute atomic E-state index is 0.0154. The third-order valence-corrected chi connectivity index (χ3v) is 3.61. The summed E-state index contributed by atoms with van der Waals surface area (Å²) in [5.41, 5.74) is 0. The van der Waals surface area contributed by atoms with Gasteiger partial charge in [0.2, 0.25) is 5.91 Å². The number of esters is 1. The Morgan fingerprint density at radius 1 is 1.39 bits per heavy atom. The lowest BCUT2D eigenvalue weighted by Gasteiger charge is -2.11. The molecule has 0 aliphatic rings.